The fraction of sp³-hybridized carbons (Fsp3) is 0.350. The highest BCUT2D eigenvalue weighted by Crippen LogP contribution is 2.33. The summed E-state index contributed by atoms with van der Waals surface area (Å²) in [5.41, 5.74) is 2.07. The second-order valence-electron chi connectivity index (χ2n) is 6.72. The monoisotopic (exact) mass is 373 g/mol. The second-order valence-corrected chi connectivity index (χ2v) is 8.58. The predicted molar refractivity (Wildman–Crippen MR) is 102 cm³/mol. The van der Waals surface area contributed by atoms with E-state index in [4.69, 9.17) is 4.74 Å². The van der Waals surface area contributed by atoms with Crippen molar-refractivity contribution in [2.24, 2.45) is 0 Å². The number of hydrogen-bond acceptors (Lipinski definition) is 4. The summed E-state index contributed by atoms with van der Waals surface area (Å²) in [5.74, 6) is 0.558. The molecule has 0 aliphatic carbocycles. The number of carbonyl (C=O) groups is 1. The Hall–Kier alpha value is -2.34. The zero-order valence-electron chi connectivity index (χ0n) is 15.2. The molecule has 0 unspecified atom stereocenters. The number of Topliss-reactive ketones (excluding diaryl/α,β-unsaturated/α-hetero) is 1. The van der Waals surface area contributed by atoms with Crippen LogP contribution < -0.4 is 9.04 Å². The van der Waals surface area contributed by atoms with Gasteiger partial charge in [-0.2, -0.15) is 0 Å². The van der Waals surface area contributed by atoms with E-state index < -0.39 is 10.0 Å². The first kappa shape index (κ1) is 18.5. The van der Waals surface area contributed by atoms with Crippen molar-refractivity contribution in [1.82, 2.24) is 0 Å². The average Bonchev–Trinajstić information content (AvgIpc) is 2.60. The summed E-state index contributed by atoms with van der Waals surface area (Å²) in [5, 5.41) is 0. The summed E-state index contributed by atoms with van der Waals surface area (Å²) in [7, 11) is -3.70. The van der Waals surface area contributed by atoms with E-state index >= 15 is 0 Å². The van der Waals surface area contributed by atoms with Gasteiger partial charge in [-0.3, -0.25) is 9.10 Å². The number of aryl methyl sites for hydroxylation is 1. The van der Waals surface area contributed by atoms with Crippen molar-refractivity contribution in [2.75, 3.05) is 10.8 Å². The van der Waals surface area contributed by atoms with Crippen LogP contribution in [-0.2, 0) is 16.4 Å². The van der Waals surface area contributed by atoms with Crippen molar-refractivity contribution >= 4 is 21.5 Å². The summed E-state index contributed by atoms with van der Waals surface area (Å²) in [6.07, 6.45) is 1.58. The number of ketones is 1. The molecule has 3 rings (SSSR count). The van der Waals surface area contributed by atoms with Crippen molar-refractivity contribution in [1.29, 1.82) is 0 Å². The minimum absolute atomic E-state index is 0.0245. The number of rotatable bonds is 5. The molecule has 0 spiro atoms. The Kier molecular flexibility index (Phi) is 5.05. The zero-order chi connectivity index (χ0) is 18.9. The van der Waals surface area contributed by atoms with Crippen molar-refractivity contribution in [3.8, 4) is 5.75 Å². The van der Waals surface area contributed by atoms with E-state index in [-0.39, 0.29) is 16.8 Å². The number of benzene rings is 2. The van der Waals surface area contributed by atoms with Gasteiger partial charge in [-0.15, -0.1) is 0 Å². The summed E-state index contributed by atoms with van der Waals surface area (Å²) >= 11 is 0. The molecule has 26 heavy (non-hydrogen) atoms. The molecular formula is C20H23NO4S. The molecule has 0 aromatic heterocycles. The molecule has 0 amide bonds. The number of hydrogen-bond donors (Lipinski definition) is 0. The third kappa shape index (κ3) is 3.60. The molecular weight excluding hydrogens is 350 g/mol. The molecule has 6 heteroatoms. The number of ether oxygens (including phenoxy) is 1. The van der Waals surface area contributed by atoms with Crippen LogP contribution in [0.2, 0.25) is 0 Å². The van der Waals surface area contributed by atoms with Gasteiger partial charge in [0.1, 0.15) is 5.75 Å². The topological polar surface area (TPSA) is 63.7 Å². The van der Waals surface area contributed by atoms with Gasteiger partial charge >= 0.3 is 0 Å². The molecule has 0 saturated carbocycles. The standard InChI is InChI=1S/C20H23NO4S/c1-14(2)25-18-8-10-19(11-9-18)26(23,24)21-12-4-5-16-6-7-17(15(3)22)13-20(16)21/h6-11,13-14H,4-5,12H2,1-3H3. The van der Waals surface area contributed by atoms with Crippen LogP contribution in [-0.4, -0.2) is 26.8 Å². The first-order valence-electron chi connectivity index (χ1n) is 8.72. The normalized spacial score (nSPS) is 14.2. The van der Waals surface area contributed by atoms with Gasteiger partial charge in [0.15, 0.2) is 5.78 Å². The van der Waals surface area contributed by atoms with Crippen LogP contribution in [0.1, 0.15) is 43.1 Å². The number of nitrogens with zero attached hydrogens (tertiary/aromatic N) is 1. The maximum absolute atomic E-state index is 13.2. The Bertz CT molecular complexity index is 917. The third-order valence-corrected chi connectivity index (χ3v) is 6.18. The van der Waals surface area contributed by atoms with Crippen LogP contribution >= 0.6 is 0 Å². The maximum Gasteiger partial charge on any atom is 0.264 e. The van der Waals surface area contributed by atoms with Gasteiger partial charge in [-0.05, 0) is 69.5 Å². The van der Waals surface area contributed by atoms with E-state index in [1.54, 1.807) is 36.4 Å². The van der Waals surface area contributed by atoms with Crippen molar-refractivity contribution in [2.45, 2.75) is 44.6 Å². The number of fused-ring (bicyclic) bond motifs is 1. The Morgan fingerprint density at radius 1 is 1.12 bits per heavy atom. The van der Waals surface area contributed by atoms with Crippen LogP contribution in [0.4, 0.5) is 5.69 Å². The van der Waals surface area contributed by atoms with Gasteiger partial charge in [-0.1, -0.05) is 12.1 Å². The lowest BCUT2D eigenvalue weighted by Gasteiger charge is -2.31. The molecule has 5 nitrogen and oxygen atoms in total. The first-order valence-corrected chi connectivity index (χ1v) is 10.2. The summed E-state index contributed by atoms with van der Waals surface area (Å²) < 4.78 is 33.3. The molecule has 0 atom stereocenters. The van der Waals surface area contributed by atoms with E-state index in [2.05, 4.69) is 0 Å². The van der Waals surface area contributed by atoms with E-state index in [0.717, 1.165) is 18.4 Å². The van der Waals surface area contributed by atoms with E-state index in [9.17, 15) is 13.2 Å². The van der Waals surface area contributed by atoms with E-state index in [1.807, 2.05) is 19.9 Å². The lowest BCUT2D eigenvalue weighted by atomic mass is 10.00. The average molecular weight is 373 g/mol. The van der Waals surface area contributed by atoms with Crippen LogP contribution in [0.25, 0.3) is 0 Å². The number of anilines is 1. The van der Waals surface area contributed by atoms with Gasteiger partial charge in [0.25, 0.3) is 10.0 Å². The minimum Gasteiger partial charge on any atom is -0.491 e. The highest BCUT2D eigenvalue weighted by molar-refractivity contribution is 7.92. The van der Waals surface area contributed by atoms with Gasteiger partial charge in [0.05, 0.1) is 16.7 Å². The highest BCUT2D eigenvalue weighted by Gasteiger charge is 2.29. The molecule has 2 aromatic rings. The van der Waals surface area contributed by atoms with Gasteiger partial charge in [-0.25, -0.2) is 8.42 Å². The maximum atomic E-state index is 13.2. The minimum atomic E-state index is -3.70. The first-order chi connectivity index (χ1) is 12.3. The van der Waals surface area contributed by atoms with Crippen LogP contribution in [0.5, 0.6) is 5.75 Å². The smallest absolute Gasteiger partial charge is 0.264 e. The Morgan fingerprint density at radius 3 is 2.42 bits per heavy atom. The van der Waals surface area contributed by atoms with Crippen LogP contribution in [0.3, 0.4) is 0 Å². The van der Waals surface area contributed by atoms with Crippen LogP contribution in [0.15, 0.2) is 47.4 Å². The molecule has 1 aliphatic rings. The van der Waals surface area contributed by atoms with Gasteiger partial charge in [0.2, 0.25) is 0 Å². The van der Waals surface area contributed by atoms with Crippen molar-refractivity contribution in [3.05, 3.63) is 53.6 Å². The molecule has 1 aliphatic heterocycles. The third-order valence-electron chi connectivity index (χ3n) is 4.35. The molecule has 138 valence electrons. The van der Waals surface area contributed by atoms with Gasteiger partial charge < -0.3 is 4.74 Å². The molecule has 0 bridgehead atoms. The molecule has 0 saturated heterocycles. The highest BCUT2D eigenvalue weighted by atomic mass is 32.2. The Labute approximate surface area is 154 Å². The Morgan fingerprint density at radius 2 is 1.81 bits per heavy atom. The molecule has 1 heterocycles. The molecule has 0 N–H and O–H groups in total. The second kappa shape index (κ2) is 7.11. The summed E-state index contributed by atoms with van der Waals surface area (Å²) in [6.45, 7) is 5.72. The summed E-state index contributed by atoms with van der Waals surface area (Å²) in [4.78, 5) is 11.9. The molecule has 2 aromatic carbocycles. The SMILES string of the molecule is CC(=O)c1ccc2c(c1)N(S(=O)(=O)c1ccc(OC(C)C)cc1)CCC2. The van der Waals surface area contributed by atoms with Crippen LogP contribution in [0, 0.1) is 0 Å². The largest absolute Gasteiger partial charge is 0.491 e. The van der Waals surface area contributed by atoms with Gasteiger partial charge in [0, 0.05) is 12.1 Å². The van der Waals surface area contributed by atoms with E-state index in [1.165, 1.54) is 11.2 Å². The summed E-state index contributed by atoms with van der Waals surface area (Å²) in [6, 6.07) is 11.8. The fourth-order valence-corrected chi connectivity index (χ4v) is 4.63. The molecule has 0 radical (unpaired) electrons. The molecule has 0 fully saturated rings. The Balaban J connectivity index is 1.98. The zero-order valence-corrected chi connectivity index (χ0v) is 16.0. The number of carbonyl (C=O) groups excluding carboxylic acids is 1. The van der Waals surface area contributed by atoms with Crippen molar-refractivity contribution < 1.29 is 17.9 Å². The lowest BCUT2D eigenvalue weighted by Crippen LogP contribution is -2.35. The van der Waals surface area contributed by atoms with E-state index in [0.29, 0.717) is 23.5 Å². The fourth-order valence-electron chi connectivity index (χ4n) is 3.10. The quantitative estimate of drug-likeness (QED) is 0.748. The number of sulfonamides is 1. The lowest BCUT2D eigenvalue weighted by molar-refractivity contribution is 0.101. The predicted octanol–water partition coefficient (Wildman–Crippen LogP) is 3.82. The van der Waals surface area contributed by atoms with Crippen molar-refractivity contribution in [3.63, 3.8) is 0 Å².